The molecule has 2 aliphatic rings. The summed E-state index contributed by atoms with van der Waals surface area (Å²) in [4.78, 5) is 42.3. The number of aromatic nitrogens is 1. The molecule has 1 fully saturated rings. The summed E-state index contributed by atoms with van der Waals surface area (Å²) in [5, 5.41) is 3.61. The maximum absolute atomic E-state index is 13.3. The van der Waals surface area contributed by atoms with Gasteiger partial charge in [-0.2, -0.15) is 0 Å². The summed E-state index contributed by atoms with van der Waals surface area (Å²) < 4.78 is 12.0. The number of ketones is 1. The number of thiazole rings is 1. The third-order valence-electron chi connectivity index (χ3n) is 6.34. The lowest BCUT2D eigenvalue weighted by Crippen LogP contribution is -2.38. The molecule has 1 amide bonds. The Morgan fingerprint density at radius 1 is 1.12 bits per heavy atom. The van der Waals surface area contributed by atoms with Crippen LogP contribution in [0.1, 0.15) is 47.5 Å². The van der Waals surface area contributed by atoms with Crippen molar-refractivity contribution in [1.29, 1.82) is 0 Å². The highest BCUT2D eigenvalue weighted by Crippen LogP contribution is 2.42. The molecule has 2 heterocycles. The van der Waals surface area contributed by atoms with E-state index in [4.69, 9.17) is 14.5 Å². The Labute approximate surface area is 195 Å². The van der Waals surface area contributed by atoms with Gasteiger partial charge in [0, 0.05) is 12.0 Å². The number of esters is 1. The summed E-state index contributed by atoms with van der Waals surface area (Å²) in [6, 6.07) is 12.8. The zero-order valence-corrected chi connectivity index (χ0v) is 18.9. The molecule has 170 valence electrons. The molecule has 7 nitrogen and oxygen atoms in total. The average Bonchev–Trinajstić information content (AvgIpc) is 3.24. The molecule has 0 spiro atoms. The predicted octanol–water partition coefficient (Wildman–Crippen LogP) is 4.55. The Morgan fingerprint density at radius 2 is 1.94 bits per heavy atom. The van der Waals surface area contributed by atoms with Gasteiger partial charge in [-0.05, 0) is 43.2 Å². The summed E-state index contributed by atoms with van der Waals surface area (Å²) in [5.74, 6) is -0.408. The molecule has 8 heteroatoms. The van der Waals surface area contributed by atoms with Crippen molar-refractivity contribution in [2.45, 2.75) is 38.5 Å². The minimum Gasteiger partial charge on any atom is -0.482 e. The van der Waals surface area contributed by atoms with Crippen LogP contribution in [0.25, 0.3) is 10.2 Å². The summed E-state index contributed by atoms with van der Waals surface area (Å²) in [6.45, 7) is -0.386. The van der Waals surface area contributed by atoms with Crippen LogP contribution in [0.2, 0.25) is 0 Å². The highest BCUT2D eigenvalue weighted by atomic mass is 32.1. The number of amides is 1. The molecule has 33 heavy (non-hydrogen) atoms. The summed E-state index contributed by atoms with van der Waals surface area (Å²) >= 11 is 1.61. The van der Waals surface area contributed by atoms with Crippen LogP contribution in [0.15, 0.2) is 42.5 Å². The van der Waals surface area contributed by atoms with Crippen molar-refractivity contribution < 1.29 is 23.9 Å². The van der Waals surface area contributed by atoms with Crippen LogP contribution in [0.3, 0.4) is 0 Å². The lowest BCUT2D eigenvalue weighted by Gasteiger charge is -2.34. The number of benzene rings is 2. The van der Waals surface area contributed by atoms with E-state index in [2.05, 4.69) is 5.32 Å². The van der Waals surface area contributed by atoms with Crippen LogP contribution in [-0.2, 0) is 20.7 Å². The van der Waals surface area contributed by atoms with E-state index in [1.54, 1.807) is 29.5 Å². The standard InChI is InChI=1S/C25H24N2O5S/c28-19(16-8-9-20-18(12-16)26-22(29)15-31-20)14-32-24(30)25(10-4-1-5-11-25)13-23-27-17-6-2-3-7-21(17)33-23/h2-3,6-9,12H,1,4-5,10-11,13-15H2,(H,26,29). The quantitative estimate of drug-likeness (QED) is 0.425. The maximum atomic E-state index is 13.3. The number of nitrogens with one attached hydrogen (secondary N) is 1. The van der Waals surface area contributed by atoms with E-state index in [0.29, 0.717) is 23.4 Å². The molecule has 1 N–H and O–H groups in total. The third-order valence-corrected chi connectivity index (χ3v) is 7.38. The van der Waals surface area contributed by atoms with Crippen LogP contribution in [0, 0.1) is 5.41 Å². The molecule has 1 aromatic heterocycles. The number of rotatable bonds is 6. The fraction of sp³-hybridized carbons (Fsp3) is 0.360. The van der Waals surface area contributed by atoms with Gasteiger partial charge in [0.1, 0.15) is 5.75 Å². The van der Waals surface area contributed by atoms with Crippen LogP contribution in [0.5, 0.6) is 5.75 Å². The second kappa shape index (κ2) is 8.94. The number of fused-ring (bicyclic) bond motifs is 2. The van der Waals surface area contributed by atoms with Gasteiger partial charge in [0.2, 0.25) is 0 Å². The van der Waals surface area contributed by atoms with E-state index in [9.17, 15) is 14.4 Å². The number of carbonyl (C=O) groups is 3. The van der Waals surface area contributed by atoms with E-state index in [0.717, 1.165) is 47.3 Å². The monoisotopic (exact) mass is 464 g/mol. The smallest absolute Gasteiger partial charge is 0.312 e. The van der Waals surface area contributed by atoms with Crippen molar-refractivity contribution in [2.24, 2.45) is 5.41 Å². The van der Waals surface area contributed by atoms with Crippen molar-refractivity contribution >= 4 is 44.9 Å². The molecular weight excluding hydrogens is 440 g/mol. The molecular formula is C25H24N2O5S. The first-order chi connectivity index (χ1) is 16.0. The van der Waals surface area contributed by atoms with Crippen LogP contribution >= 0.6 is 11.3 Å². The van der Waals surface area contributed by atoms with Crippen molar-refractivity contribution in [3.63, 3.8) is 0 Å². The topological polar surface area (TPSA) is 94.6 Å². The van der Waals surface area contributed by atoms with Crippen LogP contribution in [0.4, 0.5) is 5.69 Å². The number of carbonyl (C=O) groups excluding carboxylic acids is 3. The van der Waals surface area contributed by atoms with Gasteiger partial charge in [-0.15, -0.1) is 11.3 Å². The normalized spacial score (nSPS) is 17.0. The van der Waals surface area contributed by atoms with E-state index in [-0.39, 0.29) is 30.9 Å². The number of hydrogen-bond acceptors (Lipinski definition) is 7. The molecule has 0 radical (unpaired) electrons. The first-order valence-corrected chi connectivity index (χ1v) is 12.0. The molecule has 3 aromatic rings. The number of hydrogen-bond donors (Lipinski definition) is 1. The van der Waals surface area contributed by atoms with Crippen LogP contribution in [-0.4, -0.2) is 35.9 Å². The lowest BCUT2D eigenvalue weighted by molar-refractivity contribution is -0.157. The number of nitrogens with zero attached hydrogens (tertiary/aromatic N) is 1. The van der Waals surface area contributed by atoms with Crippen molar-refractivity contribution in [2.75, 3.05) is 18.5 Å². The van der Waals surface area contributed by atoms with E-state index < -0.39 is 5.41 Å². The van der Waals surface area contributed by atoms with Gasteiger partial charge in [-0.25, -0.2) is 4.98 Å². The Balaban J connectivity index is 1.29. The van der Waals surface area contributed by atoms with Crippen LogP contribution < -0.4 is 10.1 Å². The first-order valence-electron chi connectivity index (χ1n) is 11.1. The van der Waals surface area contributed by atoms with E-state index >= 15 is 0 Å². The molecule has 1 saturated carbocycles. The van der Waals surface area contributed by atoms with E-state index in [1.165, 1.54) is 0 Å². The highest BCUT2D eigenvalue weighted by Gasteiger charge is 2.42. The van der Waals surface area contributed by atoms with Gasteiger partial charge >= 0.3 is 5.97 Å². The molecule has 1 aliphatic heterocycles. The molecule has 0 unspecified atom stereocenters. The highest BCUT2D eigenvalue weighted by molar-refractivity contribution is 7.18. The van der Waals surface area contributed by atoms with Gasteiger partial charge in [-0.1, -0.05) is 31.4 Å². The van der Waals surface area contributed by atoms with Gasteiger partial charge < -0.3 is 14.8 Å². The zero-order valence-electron chi connectivity index (χ0n) is 18.1. The molecule has 5 rings (SSSR count). The maximum Gasteiger partial charge on any atom is 0.312 e. The van der Waals surface area contributed by atoms with Gasteiger partial charge in [0.25, 0.3) is 5.91 Å². The molecule has 0 atom stereocenters. The number of para-hydroxylation sites is 1. The number of Topliss-reactive ketones (excluding diaryl/α,β-unsaturated/α-hetero) is 1. The Kier molecular flexibility index (Phi) is 5.85. The predicted molar refractivity (Wildman–Crippen MR) is 125 cm³/mol. The Hall–Kier alpha value is -3.26. The minimum atomic E-state index is -0.649. The molecule has 0 bridgehead atoms. The minimum absolute atomic E-state index is 0.0470. The number of anilines is 1. The third kappa shape index (κ3) is 4.48. The Morgan fingerprint density at radius 3 is 2.76 bits per heavy atom. The summed E-state index contributed by atoms with van der Waals surface area (Å²) in [6.07, 6.45) is 5.01. The lowest BCUT2D eigenvalue weighted by atomic mass is 9.72. The fourth-order valence-electron chi connectivity index (χ4n) is 4.59. The molecule has 0 saturated heterocycles. The summed E-state index contributed by atoms with van der Waals surface area (Å²) in [7, 11) is 0. The van der Waals surface area contributed by atoms with Gasteiger partial charge in [-0.3, -0.25) is 14.4 Å². The van der Waals surface area contributed by atoms with Crippen molar-refractivity contribution in [3.8, 4) is 5.75 Å². The van der Waals surface area contributed by atoms with Gasteiger partial charge in [0.15, 0.2) is 19.0 Å². The first kappa shape index (κ1) is 21.6. The molecule has 2 aromatic carbocycles. The van der Waals surface area contributed by atoms with Gasteiger partial charge in [0.05, 0.1) is 26.3 Å². The summed E-state index contributed by atoms with van der Waals surface area (Å²) in [5.41, 5.74) is 1.10. The largest absolute Gasteiger partial charge is 0.482 e. The average molecular weight is 465 g/mol. The zero-order chi connectivity index (χ0) is 22.8. The SMILES string of the molecule is O=C1COc2ccc(C(=O)COC(=O)C3(Cc4nc5ccccc5s4)CCCCC3)cc2N1. The number of ether oxygens (including phenoxy) is 2. The van der Waals surface area contributed by atoms with Crippen molar-refractivity contribution in [3.05, 3.63) is 53.0 Å². The molecule has 1 aliphatic carbocycles. The Bertz CT molecular complexity index is 1200. The second-order valence-electron chi connectivity index (χ2n) is 8.64. The van der Waals surface area contributed by atoms with Crippen molar-refractivity contribution in [1.82, 2.24) is 4.98 Å². The fourth-order valence-corrected chi connectivity index (χ4v) is 5.70. The van der Waals surface area contributed by atoms with E-state index in [1.807, 2.05) is 24.3 Å². The second-order valence-corrected chi connectivity index (χ2v) is 9.76.